The maximum absolute atomic E-state index is 13.4. The lowest BCUT2D eigenvalue weighted by Gasteiger charge is -2.16. The summed E-state index contributed by atoms with van der Waals surface area (Å²) < 4.78 is 15.2. The molecule has 3 heterocycles. The average Bonchev–Trinajstić information content (AvgIpc) is 3.26. The minimum atomic E-state index is -0.688. The van der Waals surface area contributed by atoms with E-state index >= 15 is 0 Å². The molecule has 4 N–H and O–H groups in total. The van der Waals surface area contributed by atoms with Crippen LogP contribution in [0.5, 0.6) is 0 Å². The molecule has 9 heteroatoms. The minimum Gasteiger partial charge on any atom is -0.387 e. The van der Waals surface area contributed by atoms with Crippen LogP contribution in [0.1, 0.15) is 32.6 Å². The Morgan fingerprint density at radius 1 is 1.48 bits per heavy atom. The van der Waals surface area contributed by atoms with Crippen molar-refractivity contribution in [3.63, 3.8) is 0 Å². The molecule has 2 aromatic heterocycles. The van der Waals surface area contributed by atoms with Crippen molar-refractivity contribution >= 4 is 28.8 Å². The number of amides is 1. The van der Waals surface area contributed by atoms with Crippen LogP contribution in [0.3, 0.4) is 0 Å². The monoisotopic (exact) mass is 434 g/mol. The third-order valence-electron chi connectivity index (χ3n) is 4.94. The van der Waals surface area contributed by atoms with Crippen molar-refractivity contribution in [2.24, 2.45) is 5.73 Å². The number of rotatable bonds is 5. The summed E-state index contributed by atoms with van der Waals surface area (Å²) in [5.41, 5.74) is 8.01. The zero-order valence-corrected chi connectivity index (χ0v) is 17.0. The number of halogens is 2. The van der Waals surface area contributed by atoms with Crippen LogP contribution in [-0.2, 0) is 13.0 Å². The number of fused-ring (bicyclic) bond motifs is 3. The summed E-state index contributed by atoms with van der Waals surface area (Å²) in [6, 6.07) is 7.63. The molecule has 0 saturated heterocycles. The lowest BCUT2D eigenvalue weighted by molar-refractivity contribution is 0.0942. The number of nitrogens with two attached hydrogens (primary N) is 1. The topological polar surface area (TPSA) is 93.2 Å². The van der Waals surface area contributed by atoms with Crippen molar-refractivity contribution in [3.8, 4) is 11.3 Å². The molecule has 1 unspecified atom stereocenters. The molecule has 1 aromatic carbocycles. The second-order valence-corrected chi connectivity index (χ2v) is 8.49. The maximum atomic E-state index is 13.4. The highest BCUT2D eigenvalue weighted by Crippen LogP contribution is 2.42. The van der Waals surface area contributed by atoms with E-state index in [2.05, 4.69) is 10.4 Å². The fourth-order valence-corrected chi connectivity index (χ4v) is 4.85. The largest absolute Gasteiger partial charge is 0.387 e. The van der Waals surface area contributed by atoms with Gasteiger partial charge in [0, 0.05) is 29.6 Å². The highest BCUT2D eigenvalue weighted by Gasteiger charge is 2.28. The summed E-state index contributed by atoms with van der Waals surface area (Å²) in [6.45, 7) is 0.767. The molecule has 152 valence electrons. The fraction of sp³-hybridized carbons (Fsp3) is 0.300. The molecule has 1 aliphatic rings. The number of aliphatic hydroxyl groups is 1. The van der Waals surface area contributed by atoms with Crippen LogP contribution in [0.25, 0.3) is 11.3 Å². The highest BCUT2D eigenvalue weighted by molar-refractivity contribution is 7.14. The molecule has 1 amide bonds. The van der Waals surface area contributed by atoms with Gasteiger partial charge in [-0.05, 0) is 36.6 Å². The van der Waals surface area contributed by atoms with E-state index in [-0.39, 0.29) is 24.3 Å². The SMILES string of the molecule is NC[C@H](Cc1cccc(F)c1)NC(=O)c1cc2c(s1)C(O)CCn1ncc(Cl)c1-2. The van der Waals surface area contributed by atoms with Gasteiger partial charge in [0.1, 0.15) is 5.82 Å². The summed E-state index contributed by atoms with van der Waals surface area (Å²) >= 11 is 7.54. The van der Waals surface area contributed by atoms with Gasteiger partial charge in [-0.3, -0.25) is 9.48 Å². The number of hydrogen-bond acceptors (Lipinski definition) is 5. The lowest BCUT2D eigenvalue weighted by Crippen LogP contribution is -2.41. The van der Waals surface area contributed by atoms with E-state index in [1.54, 1.807) is 29.1 Å². The Labute approximate surface area is 176 Å². The number of benzene rings is 1. The van der Waals surface area contributed by atoms with E-state index in [4.69, 9.17) is 17.3 Å². The Hall–Kier alpha value is -2.26. The van der Waals surface area contributed by atoms with Crippen LogP contribution in [0.15, 0.2) is 36.5 Å². The first-order valence-corrected chi connectivity index (χ1v) is 10.4. The van der Waals surface area contributed by atoms with Crippen molar-refractivity contribution in [2.75, 3.05) is 6.54 Å². The summed E-state index contributed by atoms with van der Waals surface area (Å²) in [5.74, 6) is -0.613. The molecule has 0 spiro atoms. The third-order valence-corrected chi connectivity index (χ3v) is 6.45. The number of carbonyl (C=O) groups excluding carboxylic acids is 1. The fourth-order valence-electron chi connectivity index (χ4n) is 3.52. The van der Waals surface area contributed by atoms with Gasteiger partial charge in [-0.15, -0.1) is 11.3 Å². The predicted octanol–water partition coefficient (Wildman–Crippen LogP) is 3.14. The van der Waals surface area contributed by atoms with Gasteiger partial charge in [-0.25, -0.2) is 4.39 Å². The van der Waals surface area contributed by atoms with Gasteiger partial charge in [-0.2, -0.15) is 5.10 Å². The molecule has 0 saturated carbocycles. The van der Waals surface area contributed by atoms with Gasteiger partial charge < -0.3 is 16.2 Å². The Kier molecular flexibility index (Phi) is 5.69. The van der Waals surface area contributed by atoms with E-state index in [0.717, 1.165) is 11.1 Å². The average molecular weight is 435 g/mol. The molecule has 29 heavy (non-hydrogen) atoms. The first kappa shape index (κ1) is 20.0. The smallest absolute Gasteiger partial charge is 0.261 e. The minimum absolute atomic E-state index is 0.217. The van der Waals surface area contributed by atoms with Crippen molar-refractivity contribution in [1.82, 2.24) is 15.1 Å². The molecule has 0 radical (unpaired) electrons. The number of hydrogen-bond donors (Lipinski definition) is 3. The van der Waals surface area contributed by atoms with Gasteiger partial charge >= 0.3 is 0 Å². The van der Waals surface area contributed by atoms with Gasteiger partial charge in [0.25, 0.3) is 5.91 Å². The molecular weight excluding hydrogens is 415 g/mol. The second-order valence-electron chi connectivity index (χ2n) is 7.00. The molecule has 2 atom stereocenters. The summed E-state index contributed by atoms with van der Waals surface area (Å²) in [5, 5.41) is 18.1. The molecule has 0 fully saturated rings. The Morgan fingerprint density at radius 2 is 2.31 bits per heavy atom. The van der Waals surface area contributed by atoms with E-state index < -0.39 is 6.10 Å². The van der Waals surface area contributed by atoms with E-state index in [1.165, 1.54) is 23.5 Å². The van der Waals surface area contributed by atoms with Crippen molar-refractivity contribution in [1.29, 1.82) is 0 Å². The van der Waals surface area contributed by atoms with E-state index in [1.807, 2.05) is 0 Å². The van der Waals surface area contributed by atoms with E-state index in [0.29, 0.717) is 39.9 Å². The second kappa shape index (κ2) is 8.23. The number of carbonyl (C=O) groups is 1. The normalized spacial score (nSPS) is 16.6. The van der Waals surface area contributed by atoms with Crippen LogP contribution >= 0.6 is 22.9 Å². The van der Waals surface area contributed by atoms with E-state index in [9.17, 15) is 14.3 Å². The van der Waals surface area contributed by atoms with Crippen molar-refractivity contribution in [2.45, 2.75) is 31.5 Å². The van der Waals surface area contributed by atoms with Crippen molar-refractivity contribution < 1.29 is 14.3 Å². The Balaban J connectivity index is 1.57. The number of thiophene rings is 1. The molecular formula is C20H20ClFN4O2S. The number of aromatic nitrogens is 2. The maximum Gasteiger partial charge on any atom is 0.261 e. The molecule has 3 aromatic rings. The zero-order chi connectivity index (χ0) is 20.5. The number of aryl methyl sites for hydroxylation is 1. The van der Waals surface area contributed by atoms with Crippen molar-refractivity contribution in [3.05, 3.63) is 62.7 Å². The van der Waals surface area contributed by atoms with Crippen LogP contribution in [0.2, 0.25) is 5.02 Å². The van der Waals surface area contributed by atoms with Crippen LogP contribution < -0.4 is 11.1 Å². The summed E-state index contributed by atoms with van der Waals surface area (Å²) in [4.78, 5) is 14.0. The number of nitrogens with one attached hydrogen (secondary N) is 1. The zero-order valence-electron chi connectivity index (χ0n) is 15.4. The molecule has 1 aliphatic heterocycles. The van der Waals surface area contributed by atoms with Gasteiger partial charge in [-0.1, -0.05) is 23.7 Å². The van der Waals surface area contributed by atoms with Gasteiger partial charge in [0.15, 0.2) is 0 Å². The highest BCUT2D eigenvalue weighted by atomic mass is 35.5. The number of nitrogens with zero attached hydrogens (tertiary/aromatic N) is 2. The standard InChI is InChI=1S/C20H20ClFN4O2S/c21-15-10-24-26-5-4-16(27)19-14(18(15)26)8-17(29-19)20(28)25-13(9-23)7-11-2-1-3-12(22)6-11/h1-3,6,8,10,13,16,27H,4-5,7,9,23H2,(H,25,28)/t13-,16?/m0/s1. The predicted molar refractivity (Wildman–Crippen MR) is 111 cm³/mol. The van der Waals surface area contributed by atoms with Crippen LogP contribution in [0.4, 0.5) is 4.39 Å². The molecule has 4 rings (SSSR count). The van der Waals surface area contributed by atoms with Crippen LogP contribution in [-0.4, -0.2) is 33.4 Å². The molecule has 0 aliphatic carbocycles. The lowest BCUT2D eigenvalue weighted by atomic mass is 10.1. The first-order chi connectivity index (χ1) is 14.0. The van der Waals surface area contributed by atoms with Gasteiger partial charge in [0.05, 0.1) is 27.9 Å². The number of aliphatic hydroxyl groups excluding tert-OH is 1. The molecule has 0 bridgehead atoms. The Morgan fingerprint density at radius 3 is 3.07 bits per heavy atom. The third kappa shape index (κ3) is 4.06. The first-order valence-electron chi connectivity index (χ1n) is 9.25. The van der Waals surface area contributed by atoms with Gasteiger partial charge in [0.2, 0.25) is 0 Å². The summed E-state index contributed by atoms with van der Waals surface area (Å²) in [7, 11) is 0. The van der Waals surface area contributed by atoms with Crippen LogP contribution in [0, 0.1) is 5.82 Å². The molecule has 6 nitrogen and oxygen atoms in total. The quantitative estimate of drug-likeness (QED) is 0.575. The Bertz CT molecular complexity index is 1050. The summed E-state index contributed by atoms with van der Waals surface area (Å²) in [6.07, 6.45) is 1.79.